The molecule has 3 rings (SSSR count). The number of aliphatic hydroxyl groups excluding tert-OH is 11. The van der Waals surface area contributed by atoms with Crippen LogP contribution in [0.25, 0.3) is 0 Å². The fourth-order valence-electron chi connectivity index (χ4n) is 4.12. The molecule has 11 N–H and O–H groups in total. The normalized spacial score (nSPS) is 52.1. The Bertz CT molecular complexity index is 651. The van der Waals surface area contributed by atoms with Crippen LogP contribution in [-0.4, -0.2) is 168 Å². The molecule has 0 amide bonds. The Morgan fingerprint density at radius 1 is 0.559 bits per heavy atom. The second-order valence-corrected chi connectivity index (χ2v) is 8.37. The van der Waals surface area contributed by atoms with Crippen molar-refractivity contribution in [2.24, 2.45) is 0 Å². The van der Waals surface area contributed by atoms with E-state index < -0.39 is 112 Å². The third-order valence-corrected chi connectivity index (χ3v) is 6.17. The molecular formula is C18H32O16. The van der Waals surface area contributed by atoms with Crippen molar-refractivity contribution in [3.63, 3.8) is 0 Å². The van der Waals surface area contributed by atoms with E-state index in [1.54, 1.807) is 0 Å². The van der Waals surface area contributed by atoms with Gasteiger partial charge in [0.05, 0.1) is 19.8 Å². The SMILES string of the molecule is OC[C@H]1O[C@H](O[C@H]2[C@H](O)[C@@H](CO)O[C@]2(CO)O[C@H]2O[C@H](CO)[C@@H](O)[C@H](O)[C@H]2O)[C@H](O)[C@@H](O)[C@H]1O. The average molecular weight is 504 g/mol. The molecular weight excluding hydrogens is 472 g/mol. The molecule has 200 valence electrons. The Morgan fingerprint density at radius 3 is 1.50 bits per heavy atom. The molecule has 0 saturated carbocycles. The van der Waals surface area contributed by atoms with Crippen LogP contribution in [0.4, 0.5) is 0 Å². The molecule has 16 heteroatoms. The summed E-state index contributed by atoms with van der Waals surface area (Å²) < 4.78 is 27.0. The van der Waals surface area contributed by atoms with Crippen LogP contribution in [0.2, 0.25) is 0 Å². The quantitative estimate of drug-likeness (QED) is 0.146. The van der Waals surface area contributed by atoms with Crippen LogP contribution in [0.15, 0.2) is 0 Å². The first-order valence-corrected chi connectivity index (χ1v) is 10.6. The van der Waals surface area contributed by atoms with Crippen LogP contribution < -0.4 is 0 Å². The van der Waals surface area contributed by atoms with E-state index >= 15 is 0 Å². The Morgan fingerprint density at radius 2 is 1.03 bits per heavy atom. The van der Waals surface area contributed by atoms with Crippen molar-refractivity contribution in [2.75, 3.05) is 26.4 Å². The van der Waals surface area contributed by atoms with Gasteiger partial charge in [-0.1, -0.05) is 0 Å². The summed E-state index contributed by atoms with van der Waals surface area (Å²) >= 11 is 0. The Hall–Kier alpha value is -0.640. The van der Waals surface area contributed by atoms with E-state index in [0.717, 1.165) is 0 Å². The lowest BCUT2D eigenvalue weighted by Crippen LogP contribution is -2.64. The van der Waals surface area contributed by atoms with Crippen molar-refractivity contribution >= 4 is 0 Å². The molecule has 3 aliphatic rings. The lowest BCUT2D eigenvalue weighted by molar-refractivity contribution is -0.400. The van der Waals surface area contributed by atoms with E-state index in [1.165, 1.54) is 0 Å². The second kappa shape index (κ2) is 11.2. The molecule has 3 heterocycles. The van der Waals surface area contributed by atoms with Crippen molar-refractivity contribution in [1.82, 2.24) is 0 Å². The molecule has 3 fully saturated rings. The standard InChI is InChI=1S/C18H32O16/c19-1-5-8(23)11(26)13(28)16(30-5)32-15-10(25)7(3-21)33-18(15,4-22)34-17-14(29)12(27)9(24)6(2-20)31-17/h5-17,19-29H,1-4H2/t5-,6-,7-,8+,9-,10-,11+,12+,13-,14-,15+,16-,17-,18-/m1/s1. The smallest absolute Gasteiger partial charge is 0.224 e. The fourth-order valence-corrected chi connectivity index (χ4v) is 4.12. The maximum Gasteiger partial charge on any atom is 0.224 e. The van der Waals surface area contributed by atoms with Crippen LogP contribution in [0.5, 0.6) is 0 Å². The summed E-state index contributed by atoms with van der Waals surface area (Å²) in [5, 5.41) is 109. The van der Waals surface area contributed by atoms with Crippen molar-refractivity contribution in [2.45, 2.75) is 85.5 Å². The third kappa shape index (κ3) is 4.96. The highest BCUT2D eigenvalue weighted by atomic mass is 16.8. The summed E-state index contributed by atoms with van der Waals surface area (Å²) in [6.45, 7) is -3.49. The maximum atomic E-state index is 10.6. The maximum absolute atomic E-state index is 10.6. The predicted molar refractivity (Wildman–Crippen MR) is 101 cm³/mol. The van der Waals surface area contributed by atoms with E-state index in [2.05, 4.69) is 0 Å². The minimum atomic E-state index is -2.43. The summed E-state index contributed by atoms with van der Waals surface area (Å²) in [5.74, 6) is -2.43. The molecule has 3 saturated heterocycles. The molecule has 0 aromatic carbocycles. The van der Waals surface area contributed by atoms with Gasteiger partial charge in [0.2, 0.25) is 5.79 Å². The summed E-state index contributed by atoms with van der Waals surface area (Å²) in [5.41, 5.74) is 0. The molecule has 34 heavy (non-hydrogen) atoms. The highest BCUT2D eigenvalue weighted by molar-refractivity contribution is 5.01. The van der Waals surface area contributed by atoms with E-state index in [4.69, 9.17) is 23.7 Å². The van der Waals surface area contributed by atoms with Crippen molar-refractivity contribution in [1.29, 1.82) is 0 Å². The summed E-state index contributed by atoms with van der Waals surface area (Å²) in [6.07, 6.45) is -22.3. The zero-order valence-electron chi connectivity index (χ0n) is 17.8. The fraction of sp³-hybridized carbons (Fsp3) is 1.00. The summed E-state index contributed by atoms with van der Waals surface area (Å²) in [7, 11) is 0. The highest BCUT2D eigenvalue weighted by Crippen LogP contribution is 2.39. The van der Waals surface area contributed by atoms with Gasteiger partial charge in [0.1, 0.15) is 73.8 Å². The lowest BCUT2D eigenvalue weighted by Gasteiger charge is -2.45. The van der Waals surface area contributed by atoms with Crippen LogP contribution in [0.1, 0.15) is 0 Å². The largest absolute Gasteiger partial charge is 0.394 e. The van der Waals surface area contributed by atoms with Gasteiger partial charge < -0.3 is 79.9 Å². The minimum Gasteiger partial charge on any atom is -0.394 e. The van der Waals surface area contributed by atoms with Crippen molar-refractivity contribution in [3.05, 3.63) is 0 Å². The van der Waals surface area contributed by atoms with Gasteiger partial charge in [-0.2, -0.15) is 0 Å². The van der Waals surface area contributed by atoms with Gasteiger partial charge >= 0.3 is 0 Å². The van der Waals surface area contributed by atoms with E-state index in [9.17, 15) is 56.2 Å². The third-order valence-electron chi connectivity index (χ3n) is 6.17. The van der Waals surface area contributed by atoms with Gasteiger partial charge in [-0.25, -0.2) is 0 Å². The molecule has 0 aromatic heterocycles. The minimum absolute atomic E-state index is 0.777. The van der Waals surface area contributed by atoms with Crippen LogP contribution in [0.3, 0.4) is 0 Å². The van der Waals surface area contributed by atoms with Gasteiger partial charge in [0.15, 0.2) is 12.6 Å². The van der Waals surface area contributed by atoms with Crippen LogP contribution >= 0.6 is 0 Å². The molecule has 16 nitrogen and oxygen atoms in total. The van der Waals surface area contributed by atoms with Gasteiger partial charge in [0, 0.05) is 0 Å². The zero-order chi connectivity index (χ0) is 25.4. The predicted octanol–water partition coefficient (Wildman–Crippen LogP) is -7.57. The average Bonchev–Trinajstić information content (AvgIpc) is 3.10. The number of ether oxygens (including phenoxy) is 5. The molecule has 3 aliphatic heterocycles. The van der Waals surface area contributed by atoms with Gasteiger partial charge in [0.25, 0.3) is 0 Å². The highest BCUT2D eigenvalue weighted by Gasteiger charge is 2.61. The molecule has 0 aliphatic carbocycles. The van der Waals surface area contributed by atoms with Crippen LogP contribution in [-0.2, 0) is 23.7 Å². The Labute approximate surface area is 192 Å². The van der Waals surface area contributed by atoms with Crippen LogP contribution in [0, 0.1) is 0 Å². The zero-order valence-corrected chi connectivity index (χ0v) is 17.8. The van der Waals surface area contributed by atoms with Gasteiger partial charge in [-0.3, -0.25) is 0 Å². The molecule has 0 spiro atoms. The molecule has 0 unspecified atom stereocenters. The molecule has 0 radical (unpaired) electrons. The second-order valence-electron chi connectivity index (χ2n) is 8.37. The monoisotopic (exact) mass is 504 g/mol. The Kier molecular flexibility index (Phi) is 9.18. The number of hydrogen-bond donors (Lipinski definition) is 11. The Balaban J connectivity index is 1.87. The summed E-state index contributed by atoms with van der Waals surface area (Å²) in [4.78, 5) is 0. The van der Waals surface area contributed by atoms with Crippen molar-refractivity contribution < 1.29 is 79.9 Å². The topological polar surface area (TPSA) is 269 Å². The van der Waals surface area contributed by atoms with Gasteiger partial charge in [-0.15, -0.1) is 0 Å². The molecule has 0 bridgehead atoms. The summed E-state index contributed by atoms with van der Waals surface area (Å²) in [6, 6.07) is 0. The molecule has 0 aromatic rings. The first-order valence-electron chi connectivity index (χ1n) is 10.6. The van der Waals surface area contributed by atoms with Gasteiger partial charge in [-0.05, 0) is 0 Å². The number of aliphatic hydroxyl groups is 11. The van der Waals surface area contributed by atoms with E-state index in [-0.39, 0.29) is 0 Å². The van der Waals surface area contributed by atoms with E-state index in [0.29, 0.717) is 0 Å². The molecule has 14 atom stereocenters. The first-order chi connectivity index (χ1) is 16.0. The van der Waals surface area contributed by atoms with Crippen molar-refractivity contribution in [3.8, 4) is 0 Å². The van der Waals surface area contributed by atoms with E-state index in [1.807, 2.05) is 0 Å². The lowest BCUT2D eigenvalue weighted by atomic mass is 9.98. The first kappa shape index (κ1) is 27.9. The number of rotatable bonds is 8. The number of hydrogen-bond acceptors (Lipinski definition) is 16.